The molecule has 7 rings (SSSR count). The minimum Gasteiger partial charge on any atom is -0.481 e. The van der Waals surface area contributed by atoms with Crippen molar-refractivity contribution in [3.8, 4) is 0 Å². The van der Waals surface area contributed by atoms with Crippen molar-refractivity contribution in [3.63, 3.8) is 0 Å². The molecule has 0 amide bonds. The molecule has 1 aromatic rings. The predicted octanol–water partition coefficient (Wildman–Crippen LogP) is 5.61. The molecule has 0 radical (unpaired) electrons. The lowest BCUT2D eigenvalue weighted by Crippen LogP contribution is -2.52. The van der Waals surface area contributed by atoms with E-state index in [0.717, 1.165) is 44.4 Å². The number of hydrogen-bond acceptors (Lipinski definition) is 4. The SMILES string of the molecule is CC(=O)O.CC1(C)C2CCC3(C2)C1C(=O)CCC3(C)C.CC1(C)C2CCC3(C2)C1c1ncncc1CC3(C)C.NC=[NH2+]. The van der Waals surface area contributed by atoms with Gasteiger partial charge in [-0.1, -0.05) is 55.4 Å². The highest BCUT2D eigenvalue weighted by molar-refractivity contribution is 5.84. The number of Topliss-reactive ketones (excluding diaryl/α,β-unsaturated/α-hetero) is 1. The Morgan fingerprint density at radius 1 is 0.929 bits per heavy atom. The minimum absolute atomic E-state index is 0.271. The summed E-state index contributed by atoms with van der Waals surface area (Å²) >= 11 is 0. The number of carbonyl (C=O) groups is 2. The van der Waals surface area contributed by atoms with Gasteiger partial charge in [0, 0.05) is 31.4 Å². The van der Waals surface area contributed by atoms with Crippen LogP contribution in [0.1, 0.15) is 131 Å². The molecule has 1 heterocycles. The fraction of sp³-hybridized carbons (Fsp3) is 0.800. The van der Waals surface area contributed by atoms with Crippen LogP contribution < -0.4 is 11.1 Å². The van der Waals surface area contributed by atoms with Crippen LogP contribution in [-0.4, -0.2) is 33.2 Å². The third-order valence-corrected chi connectivity index (χ3v) is 13.5. The third kappa shape index (κ3) is 4.72. The number of ketones is 1. The van der Waals surface area contributed by atoms with Crippen LogP contribution in [0, 0.1) is 50.2 Å². The molecular weight excluding hydrogens is 524 g/mol. The second kappa shape index (κ2) is 10.7. The molecule has 6 aliphatic rings. The van der Waals surface area contributed by atoms with Crippen molar-refractivity contribution in [2.24, 2.45) is 56.0 Å². The van der Waals surface area contributed by atoms with Crippen molar-refractivity contribution in [3.05, 3.63) is 23.8 Å². The molecule has 0 saturated heterocycles. The fourth-order valence-corrected chi connectivity index (χ4v) is 11.4. The van der Waals surface area contributed by atoms with Crippen molar-refractivity contribution in [1.82, 2.24) is 9.97 Å². The number of carbonyl (C=O) groups excluding carboxylic acids is 1. The van der Waals surface area contributed by atoms with Crippen molar-refractivity contribution < 1.29 is 20.1 Å². The Hall–Kier alpha value is -2.31. The molecule has 1 aromatic heterocycles. The van der Waals surface area contributed by atoms with Gasteiger partial charge in [0.1, 0.15) is 12.1 Å². The maximum absolute atomic E-state index is 12.4. The Bertz CT molecular complexity index is 1220. The van der Waals surface area contributed by atoms with Gasteiger partial charge in [-0.2, -0.15) is 0 Å². The number of aliphatic carboxylic acids is 1. The highest BCUT2D eigenvalue weighted by Gasteiger charge is 2.70. The summed E-state index contributed by atoms with van der Waals surface area (Å²) in [5, 5.41) is 11.9. The van der Waals surface area contributed by atoms with Gasteiger partial charge >= 0.3 is 0 Å². The molecule has 6 atom stereocenters. The topological polar surface area (TPSA) is 132 Å². The fourth-order valence-electron chi connectivity index (χ4n) is 11.4. The van der Waals surface area contributed by atoms with E-state index in [0.29, 0.717) is 44.7 Å². The highest BCUT2D eigenvalue weighted by Crippen LogP contribution is 2.77. The summed E-state index contributed by atoms with van der Waals surface area (Å²) in [6, 6.07) is 0. The Morgan fingerprint density at radius 2 is 1.40 bits per heavy atom. The summed E-state index contributed by atoms with van der Waals surface area (Å²) in [4.78, 5) is 30.4. The zero-order valence-corrected chi connectivity index (χ0v) is 27.7. The Morgan fingerprint density at radius 3 is 1.90 bits per heavy atom. The molecule has 5 N–H and O–H groups in total. The molecule has 5 fully saturated rings. The molecule has 7 heteroatoms. The van der Waals surface area contributed by atoms with Crippen LogP contribution in [0.15, 0.2) is 12.5 Å². The second-order valence-corrected chi connectivity index (χ2v) is 16.8. The number of hydrogen-bond donors (Lipinski definition) is 3. The van der Waals surface area contributed by atoms with Crippen molar-refractivity contribution in [2.75, 3.05) is 0 Å². The van der Waals surface area contributed by atoms with Crippen LogP contribution in [0.4, 0.5) is 0 Å². The molecule has 6 unspecified atom stereocenters. The first-order valence-corrected chi connectivity index (χ1v) is 16.1. The van der Waals surface area contributed by atoms with Gasteiger partial charge in [0.05, 0.1) is 5.69 Å². The average Bonchev–Trinajstić information content (AvgIpc) is 3.60. The number of carboxylic acids is 1. The zero-order chi connectivity index (χ0) is 31.5. The Labute approximate surface area is 253 Å². The van der Waals surface area contributed by atoms with Gasteiger partial charge in [0.25, 0.3) is 5.97 Å². The van der Waals surface area contributed by atoms with Crippen LogP contribution >= 0.6 is 0 Å². The van der Waals surface area contributed by atoms with Gasteiger partial charge in [-0.15, -0.1) is 0 Å². The van der Waals surface area contributed by atoms with E-state index in [4.69, 9.17) is 14.9 Å². The van der Waals surface area contributed by atoms with E-state index >= 15 is 0 Å². The minimum atomic E-state index is -0.833. The van der Waals surface area contributed by atoms with Crippen LogP contribution in [0.3, 0.4) is 0 Å². The number of carboxylic acid groups (broad SMARTS) is 1. The van der Waals surface area contributed by atoms with Crippen LogP contribution in [0.5, 0.6) is 0 Å². The predicted molar refractivity (Wildman–Crippen MR) is 166 cm³/mol. The number of aromatic nitrogens is 2. The van der Waals surface area contributed by atoms with E-state index in [1.807, 2.05) is 0 Å². The molecule has 4 bridgehead atoms. The first-order valence-electron chi connectivity index (χ1n) is 16.1. The molecule has 6 aliphatic carbocycles. The zero-order valence-electron chi connectivity index (χ0n) is 27.7. The van der Waals surface area contributed by atoms with Crippen molar-refractivity contribution >= 4 is 18.1 Å². The lowest BCUT2D eigenvalue weighted by atomic mass is 9.49. The van der Waals surface area contributed by atoms with E-state index in [2.05, 4.69) is 77.7 Å². The molecule has 5 saturated carbocycles. The molecule has 7 nitrogen and oxygen atoms in total. The highest BCUT2D eigenvalue weighted by atomic mass is 16.4. The number of nitrogens with zero attached hydrogens (tertiary/aromatic N) is 2. The molecule has 42 heavy (non-hydrogen) atoms. The summed E-state index contributed by atoms with van der Waals surface area (Å²) in [6.45, 7) is 20.5. The lowest BCUT2D eigenvalue weighted by Gasteiger charge is -2.55. The van der Waals surface area contributed by atoms with Gasteiger partial charge in [-0.3, -0.25) is 20.7 Å². The molecular formula is C35H57N4O3+. The van der Waals surface area contributed by atoms with Crippen molar-refractivity contribution in [2.45, 2.75) is 126 Å². The summed E-state index contributed by atoms with van der Waals surface area (Å²) in [6.07, 6.45) is 16.2. The molecule has 2 spiro atoms. The van der Waals surface area contributed by atoms with Gasteiger partial charge in [0.2, 0.25) is 6.34 Å². The maximum atomic E-state index is 12.4. The van der Waals surface area contributed by atoms with Crippen LogP contribution in [0.25, 0.3) is 0 Å². The first kappa shape index (κ1) is 32.6. The smallest absolute Gasteiger partial charge is 0.300 e. The maximum Gasteiger partial charge on any atom is 0.300 e. The van der Waals surface area contributed by atoms with E-state index < -0.39 is 5.97 Å². The van der Waals surface area contributed by atoms with Gasteiger partial charge in [-0.25, -0.2) is 9.97 Å². The van der Waals surface area contributed by atoms with E-state index in [1.54, 1.807) is 6.33 Å². The monoisotopic (exact) mass is 581 g/mol. The Kier molecular flexibility index (Phi) is 8.30. The quantitative estimate of drug-likeness (QED) is 0.270. The number of nitrogens with two attached hydrogens (primary N) is 2. The summed E-state index contributed by atoms with van der Waals surface area (Å²) in [5.41, 5.74) is 9.57. The second-order valence-electron chi connectivity index (χ2n) is 16.8. The summed E-state index contributed by atoms with van der Waals surface area (Å²) < 4.78 is 0. The van der Waals surface area contributed by atoms with Crippen LogP contribution in [0.2, 0.25) is 0 Å². The van der Waals surface area contributed by atoms with Gasteiger partial charge < -0.3 is 5.11 Å². The number of rotatable bonds is 0. The molecule has 0 aromatic carbocycles. The van der Waals surface area contributed by atoms with Gasteiger partial charge in [0.15, 0.2) is 0 Å². The van der Waals surface area contributed by atoms with Crippen molar-refractivity contribution in [1.29, 1.82) is 0 Å². The Balaban J connectivity index is 0.000000160. The average molecular weight is 582 g/mol. The largest absolute Gasteiger partial charge is 0.481 e. The number of fused-ring (bicyclic) bond motifs is 4. The summed E-state index contributed by atoms with van der Waals surface area (Å²) in [7, 11) is 0. The van der Waals surface area contributed by atoms with Gasteiger partial charge in [-0.05, 0) is 101 Å². The standard InChI is InChI=1S/C17H24N2.C15H24O.C2H4O2.CH4N2/c1-15(2)7-11-9-18-10-19-13(11)14-16(3,4)12-5-6-17(14,15)8-12;1-13(2)7-6-11(16)12-14(3,4)10-5-8-15(12,13)9-10;1-2(3)4;2-1-3/h9-10,12,14H,5-8H2,1-4H3;10,12H,5-9H2,1-4H3;1H3,(H,3,4);1H,(H3,2,3)/p+1. The summed E-state index contributed by atoms with van der Waals surface area (Å²) in [5.74, 6) is 2.44. The van der Waals surface area contributed by atoms with E-state index in [1.165, 1.54) is 49.8 Å². The lowest BCUT2D eigenvalue weighted by molar-refractivity contribution is -0.146. The van der Waals surface area contributed by atoms with E-state index in [9.17, 15) is 4.79 Å². The first-order chi connectivity index (χ1) is 19.3. The normalized spacial score (nSPS) is 37.7. The molecule has 234 valence electrons. The molecule has 0 aliphatic heterocycles. The van der Waals surface area contributed by atoms with E-state index in [-0.39, 0.29) is 5.41 Å². The van der Waals surface area contributed by atoms with Crippen LogP contribution in [-0.2, 0) is 16.0 Å². The third-order valence-electron chi connectivity index (χ3n) is 13.5.